The molecule has 0 saturated heterocycles. The molecule has 0 atom stereocenters. The number of benzene rings is 1. The minimum atomic E-state index is 0. The summed E-state index contributed by atoms with van der Waals surface area (Å²) in [6.45, 7) is 4.21. The van der Waals surface area contributed by atoms with Gasteiger partial charge in [-0.1, -0.05) is 12.1 Å². The van der Waals surface area contributed by atoms with Crippen molar-refractivity contribution < 1.29 is 31.0 Å². The average Bonchev–Trinajstić information content (AvgIpc) is 2.30. The Labute approximate surface area is 124 Å². The monoisotopic (exact) mass is 232 g/mol. The summed E-state index contributed by atoms with van der Waals surface area (Å²) in [6, 6.07) is 8.33. The predicted molar refractivity (Wildman–Crippen MR) is 67.6 cm³/mol. The molecule has 0 radical (unpaired) electrons. The molecule has 0 fully saturated rings. The second-order valence-corrected chi connectivity index (χ2v) is 4.11. The van der Waals surface area contributed by atoms with Gasteiger partial charge in [0.15, 0.2) is 0 Å². The Hall–Kier alpha value is -0.960. The number of aromatic nitrogens is 2. The van der Waals surface area contributed by atoms with Crippen LogP contribution in [0.25, 0.3) is 21.8 Å². The fraction of sp³-hybridized carbons (Fsp3) is 0.143. The van der Waals surface area contributed by atoms with Crippen LogP contribution in [0.3, 0.4) is 0 Å². The van der Waals surface area contributed by atoms with Crippen LogP contribution in [0.1, 0.15) is 12.6 Å². The molecule has 17 heavy (non-hydrogen) atoms. The summed E-state index contributed by atoms with van der Waals surface area (Å²) in [6.07, 6.45) is 3.70. The van der Waals surface area contributed by atoms with Gasteiger partial charge in [-0.15, -0.1) is 0 Å². The van der Waals surface area contributed by atoms with Gasteiger partial charge >= 0.3 is 29.6 Å². The zero-order valence-corrected chi connectivity index (χ0v) is 12.4. The number of hydrogen-bond acceptors (Lipinski definition) is 2. The van der Waals surface area contributed by atoms with Crippen LogP contribution in [-0.4, -0.2) is 9.97 Å². The van der Waals surface area contributed by atoms with Crippen molar-refractivity contribution in [2.75, 3.05) is 0 Å². The Kier molecular flexibility index (Phi) is 3.48. The average molecular weight is 232 g/mol. The van der Waals surface area contributed by atoms with Gasteiger partial charge in [-0.05, 0) is 37.1 Å². The molecule has 0 bridgehead atoms. The smallest absolute Gasteiger partial charge is 1.00 e. The minimum Gasteiger partial charge on any atom is -1.00 e. The first kappa shape index (κ1) is 12.5. The third kappa shape index (κ3) is 1.97. The fourth-order valence-electron chi connectivity index (χ4n) is 2.10. The molecule has 0 aliphatic carbocycles. The maximum Gasteiger partial charge on any atom is 1.00 e. The van der Waals surface area contributed by atoms with Crippen molar-refractivity contribution in [2.45, 2.75) is 13.8 Å². The Morgan fingerprint density at radius 1 is 0.765 bits per heavy atom. The molecule has 2 nitrogen and oxygen atoms in total. The molecule has 2 aromatic heterocycles. The molecule has 0 spiro atoms. The van der Waals surface area contributed by atoms with Gasteiger partial charge in [-0.25, -0.2) is 0 Å². The standard InChI is InChI=1S/C14H12N2.Na.H/c1-9-5-7-15-13-11(9)3-4-12-10(2)6-8-16-14(12)13;;/h3-8H,1-2H3;;/q;+1;-1. The first-order valence-corrected chi connectivity index (χ1v) is 5.37. The Morgan fingerprint density at radius 2 is 1.18 bits per heavy atom. The number of fused-ring (bicyclic) bond motifs is 3. The van der Waals surface area contributed by atoms with Crippen molar-refractivity contribution in [1.29, 1.82) is 0 Å². The maximum atomic E-state index is 4.45. The van der Waals surface area contributed by atoms with Gasteiger partial charge < -0.3 is 1.43 Å². The van der Waals surface area contributed by atoms with E-state index in [0.717, 1.165) is 11.0 Å². The minimum absolute atomic E-state index is 0. The molecular formula is C14H13N2Na. The number of pyridine rings is 2. The van der Waals surface area contributed by atoms with Gasteiger partial charge in [0.05, 0.1) is 11.0 Å². The van der Waals surface area contributed by atoms with Gasteiger partial charge in [0.1, 0.15) is 0 Å². The van der Waals surface area contributed by atoms with Crippen LogP contribution < -0.4 is 29.6 Å². The first-order valence-electron chi connectivity index (χ1n) is 5.37. The van der Waals surface area contributed by atoms with E-state index in [-0.39, 0.29) is 31.0 Å². The van der Waals surface area contributed by atoms with Gasteiger partial charge in [-0.3, -0.25) is 9.97 Å². The maximum absolute atomic E-state index is 4.45. The van der Waals surface area contributed by atoms with Gasteiger partial charge in [0.2, 0.25) is 0 Å². The van der Waals surface area contributed by atoms with E-state index < -0.39 is 0 Å². The van der Waals surface area contributed by atoms with Crippen LogP contribution in [0.15, 0.2) is 36.7 Å². The molecule has 3 aromatic rings. The zero-order valence-electron chi connectivity index (χ0n) is 11.4. The summed E-state index contributed by atoms with van der Waals surface area (Å²) in [4.78, 5) is 8.90. The summed E-state index contributed by atoms with van der Waals surface area (Å²) in [5.41, 5.74) is 4.49. The topological polar surface area (TPSA) is 25.8 Å². The third-order valence-electron chi connectivity index (χ3n) is 3.06. The number of aryl methyl sites for hydroxylation is 2. The molecule has 0 aliphatic heterocycles. The van der Waals surface area contributed by atoms with Crippen LogP contribution >= 0.6 is 0 Å². The van der Waals surface area contributed by atoms with Crippen LogP contribution in [0.2, 0.25) is 0 Å². The molecular weight excluding hydrogens is 219 g/mol. The largest absolute Gasteiger partial charge is 1.00 e. The summed E-state index contributed by atoms with van der Waals surface area (Å²) in [5, 5.41) is 2.38. The molecule has 0 amide bonds. The van der Waals surface area contributed by atoms with E-state index in [9.17, 15) is 0 Å². The summed E-state index contributed by atoms with van der Waals surface area (Å²) in [5.74, 6) is 0. The Morgan fingerprint density at radius 3 is 1.59 bits per heavy atom. The van der Waals surface area contributed by atoms with E-state index in [1.165, 1.54) is 21.9 Å². The molecule has 3 heteroatoms. The molecule has 3 rings (SSSR count). The third-order valence-corrected chi connectivity index (χ3v) is 3.06. The zero-order chi connectivity index (χ0) is 11.1. The van der Waals surface area contributed by atoms with E-state index in [1.54, 1.807) is 0 Å². The van der Waals surface area contributed by atoms with E-state index in [4.69, 9.17) is 0 Å². The quantitative estimate of drug-likeness (QED) is 0.417. The molecule has 0 unspecified atom stereocenters. The number of hydrogen-bond donors (Lipinski definition) is 0. The van der Waals surface area contributed by atoms with Crippen molar-refractivity contribution in [3.63, 3.8) is 0 Å². The van der Waals surface area contributed by atoms with Gasteiger partial charge in [0, 0.05) is 23.2 Å². The summed E-state index contributed by atoms with van der Waals surface area (Å²) in [7, 11) is 0. The van der Waals surface area contributed by atoms with Gasteiger partial charge in [0.25, 0.3) is 0 Å². The van der Waals surface area contributed by atoms with Gasteiger partial charge in [-0.2, -0.15) is 0 Å². The normalized spacial score (nSPS) is 10.5. The molecule has 1 aromatic carbocycles. The summed E-state index contributed by atoms with van der Waals surface area (Å²) < 4.78 is 0. The van der Waals surface area contributed by atoms with Crippen LogP contribution in [0, 0.1) is 13.8 Å². The summed E-state index contributed by atoms with van der Waals surface area (Å²) >= 11 is 0. The van der Waals surface area contributed by atoms with Crippen molar-refractivity contribution in [2.24, 2.45) is 0 Å². The van der Waals surface area contributed by atoms with Crippen molar-refractivity contribution >= 4 is 21.8 Å². The second kappa shape index (κ2) is 4.73. The second-order valence-electron chi connectivity index (χ2n) is 4.11. The molecule has 0 saturated carbocycles. The Balaban J connectivity index is 0.000000810. The molecule has 80 valence electrons. The van der Waals surface area contributed by atoms with Crippen LogP contribution in [0.4, 0.5) is 0 Å². The SMILES string of the molecule is Cc1ccnc2c1ccc1c(C)ccnc12.[H-].[Na+]. The van der Waals surface area contributed by atoms with Crippen molar-refractivity contribution in [3.05, 3.63) is 47.8 Å². The number of nitrogens with zero attached hydrogens (tertiary/aromatic N) is 2. The van der Waals surface area contributed by atoms with E-state index >= 15 is 0 Å². The fourth-order valence-corrected chi connectivity index (χ4v) is 2.10. The van der Waals surface area contributed by atoms with Crippen LogP contribution in [0.5, 0.6) is 0 Å². The van der Waals surface area contributed by atoms with Crippen LogP contribution in [-0.2, 0) is 0 Å². The molecule has 0 aliphatic rings. The molecule has 2 heterocycles. The predicted octanol–water partition coefficient (Wildman–Crippen LogP) is 0.516. The van der Waals surface area contributed by atoms with Crippen molar-refractivity contribution in [1.82, 2.24) is 9.97 Å². The number of rotatable bonds is 0. The van der Waals surface area contributed by atoms with Crippen molar-refractivity contribution in [3.8, 4) is 0 Å². The van der Waals surface area contributed by atoms with E-state index in [2.05, 4.69) is 35.9 Å². The first-order chi connectivity index (χ1) is 7.77. The molecule has 0 N–H and O–H groups in total. The Bertz CT molecular complexity index is 637. The van der Waals surface area contributed by atoms with E-state index in [0.29, 0.717) is 0 Å². The van der Waals surface area contributed by atoms with E-state index in [1.807, 2.05) is 24.5 Å².